The van der Waals surface area contributed by atoms with E-state index in [0.29, 0.717) is 6.54 Å². The van der Waals surface area contributed by atoms with Crippen LogP contribution < -0.4 is 5.73 Å². The van der Waals surface area contributed by atoms with E-state index in [0.717, 1.165) is 19.4 Å². The number of aliphatic carboxylic acids is 1. The molecular weight excluding hydrogens is 231 g/mol. The number of nitrogens with zero attached hydrogens (tertiary/aromatic N) is 2. The lowest BCUT2D eigenvalue weighted by molar-refractivity contribution is -0.192. The average molecular weight is 243 g/mol. The highest BCUT2D eigenvalue weighted by atomic mass is 19.4. The van der Waals surface area contributed by atoms with Crippen molar-refractivity contribution in [2.75, 3.05) is 13.1 Å². The Morgan fingerprint density at radius 2 is 2.00 bits per heavy atom. The molecule has 0 aromatic carbocycles. The second-order valence-electron chi connectivity index (χ2n) is 3.20. The summed E-state index contributed by atoms with van der Waals surface area (Å²) in [5.74, 6) is -2.76. The SMILES string of the molecule is NC1CCCN(N=O)C1.O=C(O)C(F)(F)F. The zero-order chi connectivity index (χ0) is 12.8. The smallest absolute Gasteiger partial charge is 0.475 e. The summed E-state index contributed by atoms with van der Waals surface area (Å²) in [6.45, 7) is 1.40. The van der Waals surface area contributed by atoms with Gasteiger partial charge in [-0.25, -0.2) is 4.79 Å². The van der Waals surface area contributed by atoms with E-state index in [4.69, 9.17) is 15.6 Å². The lowest BCUT2D eigenvalue weighted by Gasteiger charge is -2.24. The van der Waals surface area contributed by atoms with Crippen LogP contribution in [0.5, 0.6) is 0 Å². The molecule has 0 aromatic rings. The Balaban J connectivity index is 0.000000293. The molecule has 0 bridgehead atoms. The zero-order valence-corrected chi connectivity index (χ0v) is 8.28. The summed E-state index contributed by atoms with van der Waals surface area (Å²) in [5.41, 5.74) is 5.56. The summed E-state index contributed by atoms with van der Waals surface area (Å²) in [5, 5.41) is 11.4. The lowest BCUT2D eigenvalue weighted by atomic mass is 10.1. The van der Waals surface area contributed by atoms with Crippen molar-refractivity contribution in [1.82, 2.24) is 5.01 Å². The molecule has 0 saturated carbocycles. The second-order valence-corrected chi connectivity index (χ2v) is 3.20. The van der Waals surface area contributed by atoms with Crippen LogP contribution in [0.4, 0.5) is 13.2 Å². The van der Waals surface area contributed by atoms with Gasteiger partial charge < -0.3 is 10.8 Å². The van der Waals surface area contributed by atoms with Crippen LogP contribution in [0.25, 0.3) is 0 Å². The largest absolute Gasteiger partial charge is 0.490 e. The number of hydrogen-bond donors (Lipinski definition) is 2. The van der Waals surface area contributed by atoms with Gasteiger partial charge in [0.1, 0.15) is 0 Å². The number of piperidine rings is 1. The van der Waals surface area contributed by atoms with E-state index in [1.807, 2.05) is 0 Å². The predicted molar refractivity (Wildman–Crippen MR) is 48.3 cm³/mol. The number of hydrogen-bond acceptors (Lipinski definition) is 4. The van der Waals surface area contributed by atoms with Crippen LogP contribution in [0.15, 0.2) is 5.29 Å². The van der Waals surface area contributed by atoms with E-state index >= 15 is 0 Å². The normalized spacial score (nSPS) is 20.8. The minimum atomic E-state index is -5.08. The molecule has 1 fully saturated rings. The Labute approximate surface area is 89.1 Å². The van der Waals surface area contributed by atoms with Crippen molar-refractivity contribution in [3.63, 3.8) is 0 Å². The number of alkyl halides is 3. The monoisotopic (exact) mass is 243 g/mol. The number of carbonyl (C=O) groups is 1. The molecule has 0 spiro atoms. The average Bonchev–Trinajstić information content (AvgIpc) is 2.17. The third-order valence-corrected chi connectivity index (χ3v) is 1.79. The predicted octanol–water partition coefficient (Wildman–Crippen LogP) is 0.724. The molecule has 0 aliphatic carbocycles. The minimum Gasteiger partial charge on any atom is -0.475 e. The van der Waals surface area contributed by atoms with Gasteiger partial charge in [-0.15, -0.1) is 4.91 Å². The van der Waals surface area contributed by atoms with Gasteiger partial charge in [-0.05, 0) is 12.8 Å². The minimum absolute atomic E-state index is 0.149. The van der Waals surface area contributed by atoms with E-state index in [1.165, 1.54) is 5.01 Å². The second kappa shape index (κ2) is 6.26. The van der Waals surface area contributed by atoms with Gasteiger partial charge in [0.2, 0.25) is 0 Å². The summed E-state index contributed by atoms with van der Waals surface area (Å²) in [6.07, 6.45) is -3.07. The first-order valence-corrected chi connectivity index (χ1v) is 4.41. The molecule has 94 valence electrons. The van der Waals surface area contributed by atoms with Gasteiger partial charge in [-0.1, -0.05) is 0 Å². The Hall–Kier alpha value is -1.38. The Morgan fingerprint density at radius 1 is 1.50 bits per heavy atom. The van der Waals surface area contributed by atoms with E-state index in [9.17, 15) is 18.1 Å². The number of carboxylic acids is 1. The van der Waals surface area contributed by atoms with Gasteiger partial charge in [-0.2, -0.15) is 13.2 Å². The molecule has 16 heavy (non-hydrogen) atoms. The van der Waals surface area contributed by atoms with Crippen molar-refractivity contribution in [2.24, 2.45) is 11.0 Å². The molecule has 1 aliphatic heterocycles. The maximum atomic E-state index is 10.6. The molecule has 1 aliphatic rings. The van der Waals surface area contributed by atoms with Crippen LogP contribution in [0.1, 0.15) is 12.8 Å². The van der Waals surface area contributed by atoms with Crippen molar-refractivity contribution in [2.45, 2.75) is 25.1 Å². The van der Waals surface area contributed by atoms with Crippen LogP contribution in [0, 0.1) is 4.91 Å². The van der Waals surface area contributed by atoms with Crippen molar-refractivity contribution in [3.8, 4) is 0 Å². The lowest BCUT2D eigenvalue weighted by Crippen LogP contribution is -2.39. The fraction of sp³-hybridized carbons (Fsp3) is 0.857. The van der Waals surface area contributed by atoms with E-state index in [2.05, 4.69) is 5.29 Å². The van der Waals surface area contributed by atoms with Gasteiger partial charge in [0.15, 0.2) is 0 Å². The highest BCUT2D eigenvalue weighted by molar-refractivity contribution is 5.73. The molecule has 0 amide bonds. The van der Waals surface area contributed by atoms with Crippen LogP contribution in [0.3, 0.4) is 0 Å². The molecule has 1 unspecified atom stereocenters. The Morgan fingerprint density at radius 3 is 2.25 bits per heavy atom. The number of nitroso groups, excluding NO2 is 1. The number of carboxylic acid groups (broad SMARTS) is 1. The molecule has 1 atom stereocenters. The maximum absolute atomic E-state index is 10.6. The number of halogens is 3. The molecule has 1 heterocycles. The van der Waals surface area contributed by atoms with Gasteiger partial charge in [0, 0.05) is 12.6 Å². The standard InChI is InChI=1S/C5H11N3O.C2HF3O2/c6-5-2-1-3-8(4-5)7-9;3-2(4,5)1(6)7/h5H,1-4,6H2;(H,6,7). The highest BCUT2D eigenvalue weighted by Gasteiger charge is 2.38. The molecule has 9 heteroatoms. The zero-order valence-electron chi connectivity index (χ0n) is 8.28. The fourth-order valence-electron chi connectivity index (χ4n) is 1.06. The van der Waals surface area contributed by atoms with Crippen molar-refractivity contribution in [3.05, 3.63) is 4.91 Å². The molecule has 3 N–H and O–H groups in total. The molecule has 6 nitrogen and oxygen atoms in total. The molecule has 1 saturated heterocycles. The number of rotatable bonds is 1. The summed E-state index contributed by atoms with van der Waals surface area (Å²) in [6, 6.07) is 0.149. The molecule has 1 rings (SSSR count). The fourth-order valence-corrected chi connectivity index (χ4v) is 1.06. The Kier molecular flexibility index (Phi) is 5.72. The van der Waals surface area contributed by atoms with Crippen LogP contribution in [0.2, 0.25) is 0 Å². The van der Waals surface area contributed by atoms with E-state index < -0.39 is 12.1 Å². The van der Waals surface area contributed by atoms with Gasteiger partial charge in [0.25, 0.3) is 0 Å². The van der Waals surface area contributed by atoms with E-state index in [1.54, 1.807) is 0 Å². The van der Waals surface area contributed by atoms with Gasteiger partial charge in [0.05, 0.1) is 11.8 Å². The first kappa shape index (κ1) is 14.6. The summed E-state index contributed by atoms with van der Waals surface area (Å²) >= 11 is 0. The van der Waals surface area contributed by atoms with Crippen molar-refractivity contribution in [1.29, 1.82) is 0 Å². The maximum Gasteiger partial charge on any atom is 0.490 e. The first-order chi connectivity index (χ1) is 7.27. The summed E-state index contributed by atoms with van der Waals surface area (Å²) < 4.78 is 31.7. The molecular formula is C7H12F3N3O3. The Bertz CT molecular complexity index is 247. The summed E-state index contributed by atoms with van der Waals surface area (Å²) in [4.78, 5) is 18.8. The number of nitrogens with two attached hydrogens (primary N) is 1. The van der Waals surface area contributed by atoms with Crippen LogP contribution in [-0.2, 0) is 4.79 Å². The van der Waals surface area contributed by atoms with Crippen LogP contribution >= 0.6 is 0 Å². The topological polar surface area (TPSA) is 96.0 Å². The molecule has 0 aromatic heterocycles. The third kappa shape index (κ3) is 6.17. The summed E-state index contributed by atoms with van der Waals surface area (Å²) in [7, 11) is 0. The van der Waals surface area contributed by atoms with E-state index in [-0.39, 0.29) is 6.04 Å². The molecule has 0 radical (unpaired) electrons. The quantitative estimate of drug-likeness (QED) is 0.661. The highest BCUT2D eigenvalue weighted by Crippen LogP contribution is 2.13. The van der Waals surface area contributed by atoms with Gasteiger partial charge in [-0.3, -0.25) is 5.01 Å². The van der Waals surface area contributed by atoms with Crippen LogP contribution in [-0.4, -0.2) is 41.4 Å². The van der Waals surface area contributed by atoms with Gasteiger partial charge >= 0.3 is 12.1 Å². The third-order valence-electron chi connectivity index (χ3n) is 1.79. The van der Waals surface area contributed by atoms with Crippen molar-refractivity contribution >= 4 is 5.97 Å². The van der Waals surface area contributed by atoms with Crippen molar-refractivity contribution < 1.29 is 23.1 Å². The first-order valence-electron chi connectivity index (χ1n) is 4.41.